The molecule has 0 aliphatic carbocycles. The van der Waals surface area contributed by atoms with E-state index < -0.39 is 0 Å². The number of rotatable bonds is 5. The molecule has 0 aliphatic heterocycles. The average Bonchev–Trinajstić information content (AvgIpc) is 2.45. The molecule has 0 N–H and O–H groups in total. The zero-order valence-corrected chi connectivity index (χ0v) is 10.7. The van der Waals surface area contributed by atoms with Crippen molar-refractivity contribution in [1.82, 2.24) is 9.78 Å². The smallest absolute Gasteiger partial charge is 0.0855 e. The van der Waals surface area contributed by atoms with Crippen LogP contribution in [0.25, 0.3) is 0 Å². The summed E-state index contributed by atoms with van der Waals surface area (Å²) in [6.45, 7) is 4.87. The van der Waals surface area contributed by atoms with Crippen molar-refractivity contribution in [3.8, 4) is 0 Å². The fourth-order valence-electron chi connectivity index (χ4n) is 1.23. The van der Waals surface area contributed by atoms with E-state index in [1.807, 2.05) is 11.6 Å². The van der Waals surface area contributed by atoms with Gasteiger partial charge < -0.3 is 0 Å². The number of hydrogen-bond donors (Lipinski definition) is 0. The zero-order valence-electron chi connectivity index (χ0n) is 8.39. The summed E-state index contributed by atoms with van der Waals surface area (Å²) in [4.78, 5) is 0. The molecule has 80 valence electrons. The Morgan fingerprint density at radius 3 is 2.79 bits per heavy atom. The molecule has 2 nitrogen and oxygen atoms in total. The van der Waals surface area contributed by atoms with E-state index in [2.05, 4.69) is 12.0 Å². The van der Waals surface area contributed by atoms with E-state index in [0.29, 0.717) is 5.88 Å². The maximum absolute atomic E-state index is 6.14. The lowest BCUT2D eigenvalue weighted by atomic mass is 10.4. The predicted octanol–water partition coefficient (Wildman–Crippen LogP) is 3.34. The van der Waals surface area contributed by atoms with Crippen LogP contribution in [0.15, 0.2) is 0 Å². The lowest BCUT2D eigenvalue weighted by molar-refractivity contribution is 0.632. The first-order chi connectivity index (χ1) is 6.70. The van der Waals surface area contributed by atoms with Crippen molar-refractivity contribution in [2.45, 2.75) is 26.1 Å². The van der Waals surface area contributed by atoms with Gasteiger partial charge in [0.05, 0.1) is 16.4 Å². The summed E-state index contributed by atoms with van der Waals surface area (Å²) in [5.74, 6) is 2.52. The van der Waals surface area contributed by atoms with Gasteiger partial charge in [0.25, 0.3) is 0 Å². The van der Waals surface area contributed by atoms with E-state index >= 15 is 0 Å². The molecule has 0 aliphatic rings. The Labute approximate surface area is 99.0 Å². The van der Waals surface area contributed by atoms with Crippen LogP contribution < -0.4 is 0 Å². The molecule has 0 bridgehead atoms. The summed E-state index contributed by atoms with van der Waals surface area (Å²) < 4.78 is 1.96. The monoisotopic (exact) mass is 252 g/mol. The number of hydrogen-bond acceptors (Lipinski definition) is 2. The second-order valence-corrected chi connectivity index (χ2v) is 4.76. The molecule has 0 saturated heterocycles. The molecule has 5 heteroatoms. The molecular formula is C9H14Cl2N2S. The Bertz CT molecular complexity index is 299. The number of aromatic nitrogens is 2. The number of thioether (sulfide) groups is 1. The third-order valence-corrected chi connectivity index (χ3v) is 3.79. The standard InChI is InChI=1S/C9H14Cl2N2S/c1-3-13-8(6-14-5-4-10)9(11)7(2)12-13/h3-6H2,1-2H3. The molecule has 0 aromatic carbocycles. The number of nitrogens with zero attached hydrogens (tertiary/aromatic N) is 2. The molecule has 1 heterocycles. The molecule has 1 aromatic rings. The molecular weight excluding hydrogens is 239 g/mol. The van der Waals surface area contributed by atoms with Gasteiger partial charge in [0.2, 0.25) is 0 Å². The summed E-state index contributed by atoms with van der Waals surface area (Å²) in [7, 11) is 0. The van der Waals surface area contributed by atoms with Crippen LogP contribution in [0.1, 0.15) is 18.3 Å². The highest BCUT2D eigenvalue weighted by Crippen LogP contribution is 2.24. The molecule has 0 amide bonds. The summed E-state index contributed by atoms with van der Waals surface area (Å²) >= 11 is 13.5. The molecule has 1 rings (SSSR count). The van der Waals surface area contributed by atoms with Crippen LogP contribution in [0.2, 0.25) is 5.02 Å². The van der Waals surface area contributed by atoms with Gasteiger partial charge in [0.15, 0.2) is 0 Å². The third-order valence-electron chi connectivity index (χ3n) is 1.91. The van der Waals surface area contributed by atoms with Gasteiger partial charge in [-0.2, -0.15) is 16.9 Å². The van der Waals surface area contributed by atoms with Crippen LogP contribution in [0.3, 0.4) is 0 Å². The van der Waals surface area contributed by atoms with E-state index in [1.165, 1.54) is 0 Å². The van der Waals surface area contributed by atoms with Gasteiger partial charge in [0.1, 0.15) is 0 Å². The number of halogens is 2. The van der Waals surface area contributed by atoms with Crippen LogP contribution in [0, 0.1) is 6.92 Å². The van der Waals surface area contributed by atoms with Gasteiger partial charge in [-0.1, -0.05) is 11.6 Å². The van der Waals surface area contributed by atoms with E-state index in [4.69, 9.17) is 23.2 Å². The van der Waals surface area contributed by atoms with Gasteiger partial charge in [-0.3, -0.25) is 4.68 Å². The highest BCUT2D eigenvalue weighted by atomic mass is 35.5. The minimum Gasteiger partial charge on any atom is -0.267 e. The van der Waals surface area contributed by atoms with Crippen molar-refractivity contribution in [2.24, 2.45) is 0 Å². The summed E-state index contributed by atoms with van der Waals surface area (Å²) in [5.41, 5.74) is 2.02. The largest absolute Gasteiger partial charge is 0.267 e. The first kappa shape index (κ1) is 12.2. The van der Waals surface area contributed by atoms with Crippen molar-refractivity contribution < 1.29 is 0 Å². The van der Waals surface area contributed by atoms with Gasteiger partial charge >= 0.3 is 0 Å². The maximum Gasteiger partial charge on any atom is 0.0855 e. The Morgan fingerprint density at radius 2 is 2.21 bits per heavy atom. The summed E-state index contributed by atoms with van der Waals surface area (Å²) in [6, 6.07) is 0. The highest BCUT2D eigenvalue weighted by molar-refractivity contribution is 7.98. The lowest BCUT2D eigenvalue weighted by Crippen LogP contribution is -2.02. The molecule has 0 unspecified atom stereocenters. The van der Waals surface area contributed by atoms with Gasteiger partial charge in [0, 0.05) is 23.9 Å². The molecule has 0 radical (unpaired) electrons. The quantitative estimate of drug-likeness (QED) is 0.591. The van der Waals surface area contributed by atoms with Crippen molar-refractivity contribution in [3.05, 3.63) is 16.4 Å². The lowest BCUT2D eigenvalue weighted by Gasteiger charge is -2.03. The number of alkyl halides is 1. The zero-order chi connectivity index (χ0) is 10.6. The normalized spacial score (nSPS) is 10.9. The highest BCUT2D eigenvalue weighted by Gasteiger charge is 2.11. The maximum atomic E-state index is 6.14. The van der Waals surface area contributed by atoms with Crippen LogP contribution >= 0.6 is 35.0 Å². The average molecular weight is 253 g/mol. The summed E-state index contributed by atoms with van der Waals surface area (Å²) in [5, 5.41) is 5.15. The molecule has 0 saturated carbocycles. The SMILES string of the molecule is CCn1nc(C)c(Cl)c1CSCCCl. The number of aryl methyl sites for hydroxylation is 2. The van der Waals surface area contributed by atoms with Crippen LogP contribution in [0.5, 0.6) is 0 Å². The Hall–Kier alpha value is 0.140. The Kier molecular flexibility index (Phi) is 5.13. The van der Waals surface area contributed by atoms with E-state index in [9.17, 15) is 0 Å². The van der Waals surface area contributed by atoms with Crippen LogP contribution in [-0.2, 0) is 12.3 Å². The van der Waals surface area contributed by atoms with Crippen LogP contribution in [0.4, 0.5) is 0 Å². The first-order valence-electron chi connectivity index (χ1n) is 4.56. The third kappa shape index (κ3) is 2.81. The minimum atomic E-state index is 0.682. The Balaban J connectivity index is 2.72. The molecule has 14 heavy (non-hydrogen) atoms. The first-order valence-corrected chi connectivity index (χ1v) is 6.62. The van der Waals surface area contributed by atoms with Gasteiger partial charge in [-0.15, -0.1) is 11.6 Å². The van der Waals surface area contributed by atoms with E-state index in [1.54, 1.807) is 11.8 Å². The van der Waals surface area contributed by atoms with Gasteiger partial charge in [-0.05, 0) is 13.8 Å². The van der Waals surface area contributed by atoms with Crippen molar-refractivity contribution in [1.29, 1.82) is 0 Å². The second-order valence-electron chi connectivity index (χ2n) is 2.90. The van der Waals surface area contributed by atoms with Crippen molar-refractivity contribution >= 4 is 35.0 Å². The van der Waals surface area contributed by atoms with E-state index in [-0.39, 0.29) is 0 Å². The molecule has 0 spiro atoms. The van der Waals surface area contributed by atoms with Crippen LogP contribution in [-0.4, -0.2) is 21.4 Å². The molecule has 1 aromatic heterocycles. The minimum absolute atomic E-state index is 0.682. The molecule has 0 atom stereocenters. The fraction of sp³-hybridized carbons (Fsp3) is 0.667. The molecule has 0 fully saturated rings. The topological polar surface area (TPSA) is 17.8 Å². The second kappa shape index (κ2) is 5.89. The van der Waals surface area contributed by atoms with E-state index in [0.717, 1.165) is 34.5 Å². The summed E-state index contributed by atoms with van der Waals surface area (Å²) in [6.07, 6.45) is 0. The predicted molar refractivity (Wildman–Crippen MR) is 64.5 cm³/mol. The van der Waals surface area contributed by atoms with Crippen molar-refractivity contribution in [2.75, 3.05) is 11.6 Å². The van der Waals surface area contributed by atoms with Crippen molar-refractivity contribution in [3.63, 3.8) is 0 Å². The Morgan fingerprint density at radius 1 is 1.50 bits per heavy atom. The fourth-order valence-corrected chi connectivity index (χ4v) is 2.58. The van der Waals surface area contributed by atoms with Gasteiger partial charge in [-0.25, -0.2) is 0 Å².